The summed E-state index contributed by atoms with van der Waals surface area (Å²) >= 11 is -0.826. The van der Waals surface area contributed by atoms with Crippen LogP contribution in [0.3, 0.4) is 0 Å². The van der Waals surface area contributed by atoms with Crippen molar-refractivity contribution in [3.63, 3.8) is 0 Å². The van der Waals surface area contributed by atoms with Crippen molar-refractivity contribution in [2.45, 2.75) is 20.3 Å². The second-order valence-corrected chi connectivity index (χ2v) is 7.85. The zero-order valence-corrected chi connectivity index (χ0v) is 13.5. The van der Waals surface area contributed by atoms with Gasteiger partial charge in [0.2, 0.25) is 0 Å². The van der Waals surface area contributed by atoms with Gasteiger partial charge in [0.25, 0.3) is 0 Å². The van der Waals surface area contributed by atoms with Crippen LogP contribution in [0, 0.1) is 11.8 Å². The van der Waals surface area contributed by atoms with Gasteiger partial charge in [-0.15, -0.1) is 0 Å². The Bertz CT molecular complexity index is 348. The van der Waals surface area contributed by atoms with Gasteiger partial charge in [0.15, 0.2) is 0 Å². The van der Waals surface area contributed by atoms with Crippen LogP contribution in [-0.2, 0) is 20.8 Å². The van der Waals surface area contributed by atoms with E-state index in [-0.39, 0.29) is 0 Å². The minimum atomic E-state index is -0.826. The summed E-state index contributed by atoms with van der Waals surface area (Å²) in [7, 11) is 9.87. The van der Waals surface area contributed by atoms with Crippen LogP contribution in [0.2, 0.25) is 0 Å². The van der Waals surface area contributed by atoms with Crippen LogP contribution < -0.4 is 0 Å². The molecule has 0 fully saturated rings. The van der Waals surface area contributed by atoms with Gasteiger partial charge in [0, 0.05) is 5.92 Å². The van der Waals surface area contributed by atoms with Gasteiger partial charge >= 0.3 is 37.9 Å². The van der Waals surface area contributed by atoms with Crippen molar-refractivity contribution in [3.8, 4) is 0 Å². The Labute approximate surface area is 117 Å². The zero-order chi connectivity index (χ0) is 12.0. The van der Waals surface area contributed by atoms with Crippen molar-refractivity contribution in [2.75, 3.05) is 0 Å². The number of fused-ring (bicyclic) bond motifs is 1. The number of rotatable bonds is 2. The maximum absolute atomic E-state index is 4.93. The van der Waals surface area contributed by atoms with Gasteiger partial charge in [0.05, 0.1) is 0 Å². The average molecular weight is 333 g/mol. The Morgan fingerprint density at radius 3 is 2.38 bits per heavy atom. The summed E-state index contributed by atoms with van der Waals surface area (Å²) < 4.78 is 0. The maximum atomic E-state index is 4.93. The number of hydrogen-bond donors (Lipinski definition) is 0. The number of allylic oxidation sites excluding steroid dienone is 1. The zero-order valence-electron chi connectivity index (χ0n) is 9.50. The molecule has 0 spiro atoms. The Morgan fingerprint density at radius 2 is 1.75 bits per heavy atom. The van der Waals surface area contributed by atoms with Crippen LogP contribution in [-0.4, -0.2) is 0 Å². The van der Waals surface area contributed by atoms with E-state index in [0.717, 1.165) is 5.92 Å². The topological polar surface area (TPSA) is 0 Å². The molecule has 0 aromatic heterocycles. The molecule has 0 amide bonds. The molecule has 3 heteroatoms. The van der Waals surface area contributed by atoms with Crippen molar-refractivity contribution in [3.05, 3.63) is 47.4 Å². The summed E-state index contributed by atoms with van der Waals surface area (Å²) in [6.07, 6.45) is 5.66. The summed E-state index contributed by atoms with van der Waals surface area (Å²) in [5, 5.41) is 0. The second-order valence-electron chi connectivity index (χ2n) is 4.12. The second kappa shape index (κ2) is 7.69. The normalized spacial score (nSPS) is 13.3. The summed E-state index contributed by atoms with van der Waals surface area (Å²) in [6, 6.07) is 8.61. The molecule has 16 heavy (non-hydrogen) atoms. The molecule has 1 radical (unpaired) electrons. The van der Waals surface area contributed by atoms with Gasteiger partial charge in [-0.3, -0.25) is 0 Å². The summed E-state index contributed by atoms with van der Waals surface area (Å²) in [4.78, 5) is 0. The summed E-state index contributed by atoms with van der Waals surface area (Å²) in [6.45, 7) is 4.53. The van der Waals surface area contributed by atoms with E-state index in [0.29, 0.717) is 0 Å². The first-order valence-corrected chi connectivity index (χ1v) is 11.6. The first-order valence-electron chi connectivity index (χ1n) is 5.28. The van der Waals surface area contributed by atoms with E-state index in [2.05, 4.69) is 50.3 Å². The Morgan fingerprint density at radius 1 is 1.12 bits per heavy atom. The molecular formula is C13H15Cl2Zr. The van der Waals surface area contributed by atoms with Crippen LogP contribution in [0.25, 0.3) is 6.08 Å². The predicted octanol–water partition coefficient (Wildman–Crippen LogP) is 5.06. The molecule has 1 aromatic rings. The third-order valence-electron chi connectivity index (χ3n) is 2.40. The average Bonchev–Trinajstić information content (AvgIpc) is 2.63. The van der Waals surface area contributed by atoms with Crippen LogP contribution in [0.5, 0.6) is 0 Å². The molecule has 1 aromatic carbocycles. The third kappa shape index (κ3) is 4.36. The number of halogens is 2. The number of benzene rings is 1. The van der Waals surface area contributed by atoms with Crippen molar-refractivity contribution in [1.82, 2.24) is 0 Å². The molecule has 1 aliphatic rings. The Hall–Kier alpha value is 0.423. The third-order valence-corrected chi connectivity index (χ3v) is 2.40. The molecule has 0 saturated heterocycles. The molecule has 0 unspecified atom stereocenters. The van der Waals surface area contributed by atoms with Gasteiger partial charge in [-0.25, -0.2) is 0 Å². The van der Waals surface area contributed by atoms with Crippen molar-refractivity contribution >= 4 is 23.1 Å². The van der Waals surface area contributed by atoms with E-state index in [1.54, 1.807) is 0 Å². The van der Waals surface area contributed by atoms with Crippen LogP contribution in [0.15, 0.2) is 30.3 Å². The molecule has 0 heterocycles. The van der Waals surface area contributed by atoms with E-state index in [1.807, 2.05) is 0 Å². The summed E-state index contributed by atoms with van der Waals surface area (Å²) in [5.41, 5.74) is 2.80. The van der Waals surface area contributed by atoms with Crippen molar-refractivity contribution in [1.29, 1.82) is 0 Å². The van der Waals surface area contributed by atoms with Gasteiger partial charge in [-0.1, -0.05) is 50.3 Å². The molecule has 0 bridgehead atoms. The minimum absolute atomic E-state index is 0.741. The van der Waals surface area contributed by atoms with Gasteiger partial charge < -0.3 is 0 Å². The first-order chi connectivity index (χ1) is 7.69. The van der Waals surface area contributed by atoms with Crippen LogP contribution in [0.4, 0.5) is 0 Å². The van der Waals surface area contributed by atoms with Crippen molar-refractivity contribution < 1.29 is 20.8 Å². The first kappa shape index (κ1) is 14.5. The van der Waals surface area contributed by atoms with E-state index < -0.39 is 20.8 Å². The quantitative estimate of drug-likeness (QED) is 0.710. The molecule has 0 saturated carbocycles. The summed E-state index contributed by atoms with van der Waals surface area (Å²) in [5.74, 6) is 2.23. The molecule has 0 N–H and O–H groups in total. The molecule has 2 rings (SSSR count). The Kier molecular flexibility index (Phi) is 6.96. The molecule has 0 atom stereocenters. The standard InChI is InChI=1S/C13H15.2ClH.Zr/c1-10(2)9-12-8-7-11-5-3-4-6-13(11)12;;;/h3-8,10H,9H2,1-2H3;2*1H;/q;;;+2/p-2. The van der Waals surface area contributed by atoms with Crippen LogP contribution >= 0.6 is 17.0 Å². The van der Waals surface area contributed by atoms with E-state index in [1.165, 1.54) is 23.5 Å². The number of hydrogen-bond acceptors (Lipinski definition) is 0. The molecule has 85 valence electrons. The molecule has 0 aliphatic heterocycles. The fourth-order valence-corrected chi connectivity index (χ4v) is 1.83. The van der Waals surface area contributed by atoms with Gasteiger partial charge in [-0.05, 0) is 23.5 Å². The van der Waals surface area contributed by atoms with E-state index >= 15 is 0 Å². The fraction of sp³-hybridized carbons (Fsp3) is 0.308. The molecule has 1 aliphatic carbocycles. The van der Waals surface area contributed by atoms with E-state index in [4.69, 9.17) is 17.0 Å². The fourth-order valence-electron chi connectivity index (χ4n) is 1.83. The molecule has 0 nitrogen and oxygen atoms in total. The monoisotopic (exact) mass is 331 g/mol. The van der Waals surface area contributed by atoms with Gasteiger partial charge in [0.1, 0.15) is 0 Å². The predicted molar refractivity (Wildman–Crippen MR) is 69.0 cm³/mol. The SMILES string of the molecule is CC(C)C[C]1C=Cc2ccccc21.[Cl][Zr][Cl]. The van der Waals surface area contributed by atoms with E-state index in [9.17, 15) is 0 Å². The van der Waals surface area contributed by atoms with Gasteiger partial charge in [-0.2, -0.15) is 0 Å². The Balaban J connectivity index is 0.000000386. The van der Waals surface area contributed by atoms with Crippen molar-refractivity contribution in [2.24, 2.45) is 5.92 Å². The van der Waals surface area contributed by atoms with Crippen LogP contribution in [0.1, 0.15) is 31.4 Å². The molecular weight excluding hydrogens is 318 g/mol.